The van der Waals surface area contributed by atoms with Gasteiger partial charge in [-0.1, -0.05) is 11.6 Å². The first-order chi connectivity index (χ1) is 7.34. The van der Waals surface area contributed by atoms with Gasteiger partial charge in [0.15, 0.2) is 5.82 Å². The number of hydrogen-bond acceptors (Lipinski definition) is 4. The Bertz CT molecular complexity index is 436. The van der Waals surface area contributed by atoms with Crippen LogP contribution in [0.15, 0.2) is 36.8 Å². The molecule has 0 unspecified atom stereocenters. The Morgan fingerprint density at radius 3 is 2.67 bits per heavy atom. The van der Waals surface area contributed by atoms with Crippen molar-refractivity contribution in [2.24, 2.45) is 0 Å². The number of hydrogen-bond donors (Lipinski definition) is 0. The van der Waals surface area contributed by atoms with E-state index in [1.807, 2.05) is 0 Å². The molecule has 0 fully saturated rings. The third-order valence-electron chi connectivity index (χ3n) is 1.69. The van der Waals surface area contributed by atoms with Gasteiger partial charge in [-0.2, -0.15) is 0 Å². The average Bonchev–Trinajstić information content (AvgIpc) is 2.28. The summed E-state index contributed by atoms with van der Waals surface area (Å²) in [7, 11) is 0. The summed E-state index contributed by atoms with van der Waals surface area (Å²) in [6.07, 6.45) is 4.93. The second kappa shape index (κ2) is 4.70. The van der Waals surface area contributed by atoms with Gasteiger partial charge < -0.3 is 4.74 Å². The van der Waals surface area contributed by atoms with E-state index in [9.17, 15) is 0 Å². The molecule has 0 N–H and O–H groups in total. The molecule has 2 aromatic rings. The minimum Gasteiger partial charge on any atom is -0.485 e. The van der Waals surface area contributed by atoms with E-state index in [0.717, 1.165) is 0 Å². The Morgan fingerprint density at radius 2 is 1.93 bits per heavy atom. The van der Waals surface area contributed by atoms with Crippen LogP contribution in [0.3, 0.4) is 0 Å². The van der Waals surface area contributed by atoms with Gasteiger partial charge in [0.1, 0.15) is 17.5 Å². The van der Waals surface area contributed by atoms with Crippen molar-refractivity contribution >= 4 is 11.6 Å². The monoisotopic (exact) mass is 221 g/mol. The Kier molecular flexibility index (Phi) is 3.09. The van der Waals surface area contributed by atoms with Crippen LogP contribution in [0.5, 0.6) is 5.75 Å². The van der Waals surface area contributed by atoms with Crippen LogP contribution < -0.4 is 4.74 Å². The highest BCUT2D eigenvalue weighted by Gasteiger charge is 1.98. The average molecular weight is 222 g/mol. The van der Waals surface area contributed by atoms with Crippen LogP contribution in [0, 0.1) is 0 Å². The summed E-state index contributed by atoms with van der Waals surface area (Å²) >= 11 is 5.70. The molecule has 0 saturated heterocycles. The van der Waals surface area contributed by atoms with Crippen molar-refractivity contribution < 1.29 is 4.74 Å². The van der Waals surface area contributed by atoms with Crippen LogP contribution in [0.4, 0.5) is 0 Å². The minimum atomic E-state index is 0.321. The van der Waals surface area contributed by atoms with Crippen LogP contribution in [0.25, 0.3) is 0 Å². The molecule has 2 heterocycles. The predicted molar refractivity (Wildman–Crippen MR) is 55.6 cm³/mol. The standard InChI is InChI=1S/C10H8ClN3O/c11-9-6-8(2-5-12-9)15-7-10-13-3-1-4-14-10/h1-6H,7H2. The first-order valence-electron chi connectivity index (χ1n) is 4.35. The molecule has 0 bridgehead atoms. The van der Waals surface area contributed by atoms with Crippen molar-refractivity contribution in [3.63, 3.8) is 0 Å². The van der Waals surface area contributed by atoms with E-state index < -0.39 is 0 Å². The number of nitrogens with zero attached hydrogens (tertiary/aromatic N) is 3. The van der Waals surface area contributed by atoms with E-state index in [2.05, 4.69) is 15.0 Å². The number of halogens is 1. The SMILES string of the molecule is Clc1cc(OCc2ncccn2)ccn1. The molecule has 76 valence electrons. The third kappa shape index (κ3) is 2.89. The lowest BCUT2D eigenvalue weighted by atomic mass is 10.4. The fraction of sp³-hybridized carbons (Fsp3) is 0.100. The fourth-order valence-electron chi connectivity index (χ4n) is 1.03. The molecule has 0 atom stereocenters. The van der Waals surface area contributed by atoms with E-state index in [1.165, 1.54) is 0 Å². The van der Waals surface area contributed by atoms with Crippen molar-refractivity contribution in [1.82, 2.24) is 15.0 Å². The molecule has 0 saturated carbocycles. The van der Waals surface area contributed by atoms with Crippen molar-refractivity contribution in [2.75, 3.05) is 0 Å². The minimum absolute atomic E-state index is 0.321. The zero-order chi connectivity index (χ0) is 10.5. The molecule has 0 aromatic carbocycles. The molecule has 0 amide bonds. The summed E-state index contributed by atoms with van der Waals surface area (Å²) in [6.45, 7) is 0.321. The van der Waals surface area contributed by atoms with Gasteiger partial charge in [0.05, 0.1) is 0 Å². The molecule has 0 spiro atoms. The third-order valence-corrected chi connectivity index (χ3v) is 1.89. The van der Waals surface area contributed by atoms with Crippen molar-refractivity contribution in [2.45, 2.75) is 6.61 Å². The van der Waals surface area contributed by atoms with Gasteiger partial charge in [-0.15, -0.1) is 0 Å². The normalized spacial score (nSPS) is 9.93. The van der Waals surface area contributed by atoms with E-state index in [-0.39, 0.29) is 0 Å². The Balaban J connectivity index is 1.99. The summed E-state index contributed by atoms with van der Waals surface area (Å²) in [5.74, 6) is 1.29. The lowest BCUT2D eigenvalue weighted by Crippen LogP contribution is -2.00. The van der Waals surface area contributed by atoms with Crippen LogP contribution >= 0.6 is 11.6 Å². The van der Waals surface area contributed by atoms with Crippen LogP contribution in [-0.2, 0) is 6.61 Å². The molecule has 0 aliphatic heterocycles. The highest BCUT2D eigenvalue weighted by molar-refractivity contribution is 6.29. The number of aromatic nitrogens is 3. The van der Waals surface area contributed by atoms with Crippen molar-refractivity contribution in [1.29, 1.82) is 0 Å². The molecule has 0 aliphatic carbocycles. The Hall–Kier alpha value is -1.68. The Labute approximate surface area is 91.9 Å². The Morgan fingerprint density at radius 1 is 1.13 bits per heavy atom. The first-order valence-corrected chi connectivity index (χ1v) is 4.72. The maximum Gasteiger partial charge on any atom is 0.166 e. The van der Waals surface area contributed by atoms with E-state index in [4.69, 9.17) is 16.3 Å². The van der Waals surface area contributed by atoms with E-state index in [1.54, 1.807) is 36.8 Å². The van der Waals surface area contributed by atoms with Crippen LogP contribution in [0.2, 0.25) is 5.15 Å². The van der Waals surface area contributed by atoms with Gasteiger partial charge in [-0.05, 0) is 12.1 Å². The molecule has 15 heavy (non-hydrogen) atoms. The van der Waals surface area contributed by atoms with Gasteiger partial charge in [0.25, 0.3) is 0 Å². The molecule has 2 aromatic heterocycles. The van der Waals surface area contributed by atoms with Gasteiger partial charge >= 0.3 is 0 Å². The molecule has 5 heteroatoms. The molecule has 0 radical (unpaired) electrons. The largest absolute Gasteiger partial charge is 0.485 e. The zero-order valence-electron chi connectivity index (χ0n) is 7.80. The van der Waals surface area contributed by atoms with Crippen molar-refractivity contribution in [3.05, 3.63) is 47.8 Å². The summed E-state index contributed by atoms with van der Waals surface area (Å²) in [6, 6.07) is 5.13. The maximum atomic E-state index is 5.70. The lowest BCUT2D eigenvalue weighted by molar-refractivity contribution is 0.295. The quantitative estimate of drug-likeness (QED) is 0.745. The molecule has 0 aliphatic rings. The second-order valence-corrected chi connectivity index (χ2v) is 3.16. The number of rotatable bonds is 3. The summed E-state index contributed by atoms with van der Waals surface area (Å²) in [5.41, 5.74) is 0. The van der Waals surface area contributed by atoms with Gasteiger partial charge in [0.2, 0.25) is 0 Å². The van der Waals surface area contributed by atoms with Gasteiger partial charge in [-0.3, -0.25) is 0 Å². The summed E-state index contributed by atoms with van der Waals surface area (Å²) in [4.78, 5) is 11.9. The van der Waals surface area contributed by atoms with Crippen LogP contribution in [-0.4, -0.2) is 15.0 Å². The smallest absolute Gasteiger partial charge is 0.166 e. The lowest BCUT2D eigenvalue weighted by Gasteiger charge is -2.04. The van der Waals surface area contributed by atoms with Crippen LogP contribution in [0.1, 0.15) is 5.82 Å². The number of ether oxygens (including phenoxy) is 1. The van der Waals surface area contributed by atoms with Crippen molar-refractivity contribution in [3.8, 4) is 5.75 Å². The maximum absolute atomic E-state index is 5.70. The second-order valence-electron chi connectivity index (χ2n) is 2.77. The topological polar surface area (TPSA) is 47.9 Å². The predicted octanol–water partition coefficient (Wildman–Crippen LogP) is 2.10. The molecule has 2 rings (SSSR count). The number of pyridine rings is 1. The zero-order valence-corrected chi connectivity index (χ0v) is 8.55. The summed E-state index contributed by atoms with van der Waals surface area (Å²) in [5, 5.41) is 0.404. The first kappa shape index (κ1) is 9.86. The van der Waals surface area contributed by atoms with Gasteiger partial charge in [-0.25, -0.2) is 15.0 Å². The molecular formula is C10H8ClN3O. The highest BCUT2D eigenvalue weighted by atomic mass is 35.5. The van der Waals surface area contributed by atoms with E-state index >= 15 is 0 Å². The van der Waals surface area contributed by atoms with E-state index in [0.29, 0.717) is 23.3 Å². The highest BCUT2D eigenvalue weighted by Crippen LogP contribution is 2.15. The summed E-state index contributed by atoms with van der Waals surface area (Å²) < 4.78 is 5.42. The van der Waals surface area contributed by atoms with Gasteiger partial charge in [0, 0.05) is 24.7 Å². The molecule has 4 nitrogen and oxygen atoms in total. The fourth-order valence-corrected chi connectivity index (χ4v) is 1.19. The molecular weight excluding hydrogens is 214 g/mol.